The van der Waals surface area contributed by atoms with E-state index in [2.05, 4.69) is 10.6 Å². The Hall–Kier alpha value is -3.01. The molecule has 1 aromatic carbocycles. The van der Waals surface area contributed by atoms with Crippen molar-refractivity contribution in [2.24, 2.45) is 5.92 Å². The van der Waals surface area contributed by atoms with Gasteiger partial charge in [0.15, 0.2) is 0 Å². The number of hydrogen-bond donors (Lipinski definition) is 3. The molecule has 0 aliphatic carbocycles. The van der Waals surface area contributed by atoms with Gasteiger partial charge in [-0.05, 0) is 32.8 Å². The second-order valence-electron chi connectivity index (χ2n) is 6.57. The van der Waals surface area contributed by atoms with Crippen LogP contribution in [0, 0.1) is 24.2 Å². The van der Waals surface area contributed by atoms with Gasteiger partial charge in [0.2, 0.25) is 0 Å². The van der Waals surface area contributed by atoms with E-state index in [1.165, 1.54) is 6.20 Å². The van der Waals surface area contributed by atoms with E-state index >= 15 is 0 Å². The number of amides is 1. The number of hydrogen-bond acceptors (Lipinski definition) is 5. The second-order valence-corrected chi connectivity index (χ2v) is 6.57. The van der Waals surface area contributed by atoms with Crippen LogP contribution in [0.5, 0.6) is 5.75 Å². The number of carboxylic acid groups (broad SMARTS) is 1. The van der Waals surface area contributed by atoms with Gasteiger partial charge >= 0.3 is 5.97 Å². The summed E-state index contributed by atoms with van der Waals surface area (Å²) in [6, 6.07) is 6.33. The molecule has 146 valence electrons. The van der Waals surface area contributed by atoms with Crippen LogP contribution in [0.25, 0.3) is 0 Å². The quantitative estimate of drug-likeness (QED) is 0.453. The van der Waals surface area contributed by atoms with Crippen LogP contribution in [0.2, 0.25) is 0 Å². The summed E-state index contributed by atoms with van der Waals surface area (Å²) in [5, 5.41) is 23.8. The Balaban J connectivity index is 2.95. The normalized spacial score (nSPS) is 13.4. The van der Waals surface area contributed by atoms with Crippen LogP contribution in [0.3, 0.4) is 0 Å². The Morgan fingerprint density at radius 3 is 2.52 bits per heavy atom. The van der Waals surface area contributed by atoms with E-state index in [0.717, 1.165) is 16.9 Å². The van der Waals surface area contributed by atoms with E-state index < -0.39 is 17.9 Å². The summed E-state index contributed by atoms with van der Waals surface area (Å²) in [7, 11) is 0. The van der Waals surface area contributed by atoms with Gasteiger partial charge < -0.3 is 20.5 Å². The second kappa shape index (κ2) is 10.2. The summed E-state index contributed by atoms with van der Waals surface area (Å²) in [5.41, 5.74) is 1.77. The molecule has 0 radical (unpaired) electrons. The number of rotatable bonds is 9. The predicted molar refractivity (Wildman–Crippen MR) is 102 cm³/mol. The van der Waals surface area contributed by atoms with Crippen LogP contribution < -0.4 is 15.4 Å². The molecule has 0 heterocycles. The Kier molecular flexibility index (Phi) is 8.34. The standard InChI is InChI=1S/C20H27N3O4/c1-6-27-17-8-7-13(4)9-16(17)14(5)22-11-15(10-21)19(24)23-18(12(2)3)20(25)26/h7-9,11-12,14,18,22H,6H2,1-5H3,(H,23,24)(H,25,26)/b15-11-. The van der Waals surface area contributed by atoms with Gasteiger partial charge in [-0.3, -0.25) is 4.79 Å². The highest BCUT2D eigenvalue weighted by Crippen LogP contribution is 2.26. The molecule has 2 unspecified atom stereocenters. The average molecular weight is 373 g/mol. The lowest BCUT2D eigenvalue weighted by Gasteiger charge is -2.19. The molecular formula is C20H27N3O4. The molecule has 1 rings (SSSR count). The van der Waals surface area contributed by atoms with Crippen molar-refractivity contribution in [1.29, 1.82) is 5.26 Å². The van der Waals surface area contributed by atoms with Gasteiger partial charge in [-0.15, -0.1) is 0 Å². The minimum atomic E-state index is -1.14. The van der Waals surface area contributed by atoms with Crippen molar-refractivity contribution in [3.05, 3.63) is 41.1 Å². The molecule has 0 bridgehead atoms. The Labute approximate surface area is 160 Å². The fraction of sp³-hybridized carbons (Fsp3) is 0.450. The van der Waals surface area contributed by atoms with Crippen LogP contribution in [-0.4, -0.2) is 29.6 Å². The van der Waals surface area contributed by atoms with Crippen LogP contribution >= 0.6 is 0 Å². The Morgan fingerprint density at radius 1 is 1.33 bits per heavy atom. The number of carbonyl (C=O) groups excluding carboxylic acids is 1. The maximum Gasteiger partial charge on any atom is 0.326 e. The average Bonchev–Trinajstić information content (AvgIpc) is 2.61. The lowest BCUT2D eigenvalue weighted by atomic mass is 10.0. The van der Waals surface area contributed by atoms with Crippen molar-refractivity contribution in [3.63, 3.8) is 0 Å². The number of benzene rings is 1. The molecule has 0 saturated carbocycles. The van der Waals surface area contributed by atoms with E-state index in [0.29, 0.717) is 6.61 Å². The highest BCUT2D eigenvalue weighted by atomic mass is 16.5. The lowest BCUT2D eigenvalue weighted by molar-refractivity contribution is -0.142. The van der Waals surface area contributed by atoms with Crippen molar-refractivity contribution in [2.45, 2.75) is 46.7 Å². The third-order valence-corrected chi connectivity index (χ3v) is 3.99. The van der Waals surface area contributed by atoms with E-state index in [1.54, 1.807) is 19.9 Å². The first-order valence-electron chi connectivity index (χ1n) is 8.84. The van der Waals surface area contributed by atoms with Gasteiger partial charge in [0.1, 0.15) is 23.4 Å². The molecule has 0 aliphatic rings. The van der Waals surface area contributed by atoms with Gasteiger partial charge in [0.25, 0.3) is 5.91 Å². The summed E-state index contributed by atoms with van der Waals surface area (Å²) in [6.07, 6.45) is 1.30. The van der Waals surface area contributed by atoms with E-state index in [9.17, 15) is 20.0 Å². The van der Waals surface area contributed by atoms with Gasteiger partial charge in [0.05, 0.1) is 12.6 Å². The molecule has 3 N–H and O–H groups in total. The molecular weight excluding hydrogens is 346 g/mol. The van der Waals surface area contributed by atoms with Crippen LogP contribution in [0.15, 0.2) is 30.0 Å². The summed E-state index contributed by atoms with van der Waals surface area (Å²) >= 11 is 0. The van der Waals surface area contributed by atoms with Gasteiger partial charge in [-0.2, -0.15) is 5.26 Å². The molecule has 2 atom stereocenters. The zero-order chi connectivity index (χ0) is 20.6. The van der Waals surface area contributed by atoms with E-state index in [-0.39, 0.29) is 17.5 Å². The third kappa shape index (κ3) is 6.33. The fourth-order valence-corrected chi connectivity index (χ4v) is 2.47. The number of aliphatic carboxylic acids is 1. The first-order valence-corrected chi connectivity index (χ1v) is 8.84. The number of aryl methyl sites for hydroxylation is 1. The maximum atomic E-state index is 12.2. The van der Waals surface area contributed by atoms with Crippen molar-refractivity contribution in [3.8, 4) is 11.8 Å². The summed E-state index contributed by atoms with van der Waals surface area (Å²) in [5.74, 6) is -1.45. The largest absolute Gasteiger partial charge is 0.494 e. The molecule has 27 heavy (non-hydrogen) atoms. The van der Waals surface area contributed by atoms with E-state index in [1.807, 2.05) is 39.0 Å². The highest BCUT2D eigenvalue weighted by Gasteiger charge is 2.25. The number of nitrogens with zero attached hydrogens (tertiary/aromatic N) is 1. The third-order valence-electron chi connectivity index (χ3n) is 3.99. The smallest absolute Gasteiger partial charge is 0.326 e. The first-order chi connectivity index (χ1) is 12.7. The number of nitriles is 1. The Morgan fingerprint density at radius 2 is 2.00 bits per heavy atom. The molecule has 7 nitrogen and oxygen atoms in total. The van der Waals surface area contributed by atoms with Gasteiger partial charge in [-0.1, -0.05) is 31.5 Å². The zero-order valence-corrected chi connectivity index (χ0v) is 16.4. The maximum absolute atomic E-state index is 12.2. The van der Waals surface area contributed by atoms with Crippen LogP contribution in [-0.2, 0) is 9.59 Å². The zero-order valence-electron chi connectivity index (χ0n) is 16.4. The van der Waals surface area contributed by atoms with Crippen molar-refractivity contribution in [1.82, 2.24) is 10.6 Å². The summed E-state index contributed by atoms with van der Waals surface area (Å²) in [6.45, 7) is 9.64. The molecule has 0 saturated heterocycles. The molecule has 0 aromatic heterocycles. The number of nitrogens with one attached hydrogen (secondary N) is 2. The first kappa shape index (κ1) is 22.0. The summed E-state index contributed by atoms with van der Waals surface area (Å²) < 4.78 is 5.63. The molecule has 7 heteroatoms. The van der Waals surface area contributed by atoms with Gasteiger partial charge in [-0.25, -0.2) is 4.79 Å². The van der Waals surface area contributed by atoms with Crippen molar-refractivity contribution in [2.75, 3.05) is 6.61 Å². The molecule has 0 aliphatic heterocycles. The highest BCUT2D eigenvalue weighted by molar-refractivity contribution is 5.99. The monoisotopic (exact) mass is 373 g/mol. The number of carboxylic acids is 1. The molecule has 1 amide bonds. The molecule has 0 spiro atoms. The molecule has 0 fully saturated rings. The topological polar surface area (TPSA) is 111 Å². The van der Waals surface area contributed by atoms with Gasteiger partial charge in [0, 0.05) is 11.8 Å². The fourth-order valence-electron chi connectivity index (χ4n) is 2.47. The van der Waals surface area contributed by atoms with Crippen molar-refractivity contribution < 1.29 is 19.4 Å². The SMILES string of the molecule is CCOc1ccc(C)cc1C(C)N/C=C(/C#N)C(=O)NC(C(=O)O)C(C)C. The van der Waals surface area contributed by atoms with Crippen LogP contribution in [0.1, 0.15) is 44.9 Å². The predicted octanol–water partition coefficient (Wildman–Crippen LogP) is 2.68. The van der Waals surface area contributed by atoms with Crippen LogP contribution in [0.4, 0.5) is 0 Å². The minimum absolute atomic E-state index is 0.195. The molecule has 1 aromatic rings. The lowest BCUT2D eigenvalue weighted by Crippen LogP contribution is -2.44. The Bertz CT molecular complexity index is 750. The number of carbonyl (C=O) groups is 2. The summed E-state index contributed by atoms with van der Waals surface area (Å²) in [4.78, 5) is 23.5. The van der Waals surface area contributed by atoms with Crippen molar-refractivity contribution >= 4 is 11.9 Å². The number of ether oxygens (including phenoxy) is 1. The van der Waals surface area contributed by atoms with E-state index in [4.69, 9.17) is 4.74 Å². The minimum Gasteiger partial charge on any atom is -0.494 e.